The molecule has 7 nitrogen and oxygen atoms in total. The molecule has 0 heterocycles. The number of carbonyl (C=O) groups is 1. The lowest BCUT2D eigenvalue weighted by Crippen LogP contribution is -2.48. The second-order valence-corrected chi connectivity index (χ2v) is 4.05. The lowest BCUT2D eigenvalue weighted by atomic mass is 9.91. The monoisotopic (exact) mass is 264 g/mol. The van der Waals surface area contributed by atoms with E-state index in [4.69, 9.17) is 10.3 Å². The minimum atomic E-state index is -1.11. The number of ether oxygens (including phenoxy) is 1. The molecule has 1 aromatic carbocycles. The first-order chi connectivity index (χ1) is 9.04. The van der Waals surface area contributed by atoms with E-state index < -0.39 is 11.5 Å². The summed E-state index contributed by atoms with van der Waals surface area (Å²) in [6.07, 6.45) is 0. The Morgan fingerprint density at radius 1 is 1.63 bits per heavy atom. The van der Waals surface area contributed by atoms with Crippen molar-refractivity contribution in [1.29, 1.82) is 0 Å². The molecule has 0 aliphatic heterocycles. The van der Waals surface area contributed by atoms with Crippen LogP contribution in [0.25, 0.3) is 10.4 Å². The predicted molar refractivity (Wildman–Crippen MR) is 69.5 cm³/mol. The van der Waals surface area contributed by atoms with E-state index in [2.05, 4.69) is 15.3 Å². The smallest absolute Gasteiger partial charge is 0.330 e. The van der Waals surface area contributed by atoms with Crippen LogP contribution in [0, 0.1) is 0 Å². The molecule has 0 fully saturated rings. The summed E-state index contributed by atoms with van der Waals surface area (Å²) in [6.45, 7) is 2.16. The molecule has 1 aromatic rings. The van der Waals surface area contributed by atoms with Gasteiger partial charge >= 0.3 is 5.97 Å². The molecule has 0 amide bonds. The molecule has 0 saturated carbocycles. The van der Waals surface area contributed by atoms with Gasteiger partial charge in [0.2, 0.25) is 0 Å². The normalized spacial score (nSPS) is 13.2. The van der Waals surface area contributed by atoms with Crippen molar-refractivity contribution in [2.75, 3.05) is 20.2 Å². The van der Waals surface area contributed by atoms with Gasteiger partial charge in [-0.1, -0.05) is 17.2 Å². The van der Waals surface area contributed by atoms with Crippen LogP contribution in [0.3, 0.4) is 0 Å². The van der Waals surface area contributed by atoms with Gasteiger partial charge in [0.15, 0.2) is 0 Å². The van der Waals surface area contributed by atoms with Crippen LogP contribution in [-0.2, 0) is 15.1 Å². The second-order valence-electron chi connectivity index (χ2n) is 4.05. The van der Waals surface area contributed by atoms with Crippen LogP contribution >= 0.6 is 0 Å². The molecule has 1 unspecified atom stereocenters. The Kier molecular flexibility index (Phi) is 5.17. The van der Waals surface area contributed by atoms with Crippen molar-refractivity contribution < 1.29 is 14.6 Å². The van der Waals surface area contributed by atoms with Gasteiger partial charge in [0.05, 0.1) is 7.11 Å². The first-order valence-electron chi connectivity index (χ1n) is 5.68. The van der Waals surface area contributed by atoms with E-state index in [1.54, 1.807) is 19.1 Å². The molecule has 0 aliphatic rings. The number of carbonyl (C=O) groups excluding carboxylic acids is 1. The highest BCUT2D eigenvalue weighted by molar-refractivity contribution is 5.82. The largest absolute Gasteiger partial charge is 0.508 e. The number of methoxy groups -OCH3 is 1. The van der Waals surface area contributed by atoms with Gasteiger partial charge in [0.25, 0.3) is 0 Å². The fourth-order valence-corrected chi connectivity index (χ4v) is 1.71. The number of nitrogens with zero attached hydrogens (tertiary/aromatic N) is 3. The first-order valence-corrected chi connectivity index (χ1v) is 5.68. The van der Waals surface area contributed by atoms with Gasteiger partial charge in [0, 0.05) is 18.0 Å². The lowest BCUT2D eigenvalue weighted by molar-refractivity contribution is -0.148. The summed E-state index contributed by atoms with van der Waals surface area (Å²) in [6, 6.07) is 6.34. The van der Waals surface area contributed by atoms with Crippen LogP contribution in [-0.4, -0.2) is 31.3 Å². The van der Waals surface area contributed by atoms with E-state index in [1.807, 2.05) is 0 Å². The third kappa shape index (κ3) is 3.61. The molecule has 19 heavy (non-hydrogen) atoms. The molecule has 102 valence electrons. The molecule has 1 rings (SSSR count). The van der Waals surface area contributed by atoms with Gasteiger partial charge in [0.1, 0.15) is 11.3 Å². The number of nitrogens with one attached hydrogen (secondary N) is 1. The fourth-order valence-electron chi connectivity index (χ4n) is 1.71. The SMILES string of the molecule is COC(=O)C(C)(NCCN=[N+]=[N-])c1cccc(O)c1. The van der Waals surface area contributed by atoms with Crippen molar-refractivity contribution in [3.8, 4) is 5.75 Å². The average molecular weight is 264 g/mol. The number of azide groups is 1. The molecule has 0 aliphatic carbocycles. The van der Waals surface area contributed by atoms with Crippen LogP contribution < -0.4 is 5.32 Å². The predicted octanol–water partition coefficient (Wildman–Crippen LogP) is 1.68. The van der Waals surface area contributed by atoms with Crippen molar-refractivity contribution in [2.45, 2.75) is 12.5 Å². The minimum absolute atomic E-state index is 0.0597. The summed E-state index contributed by atoms with van der Waals surface area (Å²) in [5.41, 5.74) is 7.67. The number of rotatable bonds is 6. The Morgan fingerprint density at radius 2 is 2.37 bits per heavy atom. The van der Waals surface area contributed by atoms with Crippen LogP contribution in [0.15, 0.2) is 29.4 Å². The molecule has 7 heteroatoms. The average Bonchev–Trinajstić information content (AvgIpc) is 2.42. The van der Waals surface area contributed by atoms with E-state index in [0.29, 0.717) is 12.1 Å². The van der Waals surface area contributed by atoms with Crippen LogP contribution in [0.5, 0.6) is 5.75 Å². The number of phenolic OH excluding ortho intramolecular Hbond substituents is 1. The maximum atomic E-state index is 11.9. The zero-order chi connectivity index (χ0) is 14.3. The number of benzene rings is 1. The second kappa shape index (κ2) is 6.63. The van der Waals surface area contributed by atoms with Gasteiger partial charge in [-0.2, -0.15) is 0 Å². The molecular formula is C12H16N4O3. The Morgan fingerprint density at radius 3 is 2.95 bits per heavy atom. The summed E-state index contributed by atoms with van der Waals surface area (Å²) in [7, 11) is 1.29. The maximum absolute atomic E-state index is 11.9. The first kappa shape index (κ1) is 14.8. The Bertz CT molecular complexity index is 500. The minimum Gasteiger partial charge on any atom is -0.508 e. The van der Waals surface area contributed by atoms with Gasteiger partial charge in [-0.25, -0.2) is 4.79 Å². The molecule has 0 spiro atoms. The van der Waals surface area contributed by atoms with Crippen molar-refractivity contribution in [3.05, 3.63) is 40.3 Å². The van der Waals surface area contributed by atoms with Gasteiger partial charge in [-0.3, -0.25) is 5.32 Å². The van der Waals surface area contributed by atoms with Crippen molar-refractivity contribution in [3.63, 3.8) is 0 Å². The van der Waals surface area contributed by atoms with Crippen molar-refractivity contribution >= 4 is 5.97 Å². The van der Waals surface area contributed by atoms with Crippen LogP contribution in [0.1, 0.15) is 12.5 Å². The summed E-state index contributed by atoms with van der Waals surface area (Å²) < 4.78 is 4.78. The summed E-state index contributed by atoms with van der Waals surface area (Å²) >= 11 is 0. The van der Waals surface area contributed by atoms with Crippen LogP contribution in [0.4, 0.5) is 0 Å². The highest BCUT2D eigenvalue weighted by Crippen LogP contribution is 2.25. The summed E-state index contributed by atoms with van der Waals surface area (Å²) in [5, 5.41) is 15.9. The molecule has 2 N–H and O–H groups in total. The van der Waals surface area contributed by atoms with Crippen molar-refractivity contribution in [1.82, 2.24) is 5.32 Å². The number of aromatic hydroxyl groups is 1. The number of phenols is 1. The van der Waals surface area contributed by atoms with Crippen LogP contribution in [0.2, 0.25) is 0 Å². The maximum Gasteiger partial charge on any atom is 0.330 e. The molecule has 0 radical (unpaired) electrons. The van der Waals surface area contributed by atoms with E-state index >= 15 is 0 Å². The number of hydrogen-bond acceptors (Lipinski definition) is 5. The fraction of sp³-hybridized carbons (Fsp3) is 0.417. The Hall–Kier alpha value is -2.24. The van der Waals surface area contributed by atoms with E-state index in [0.717, 1.165) is 0 Å². The molecular weight excluding hydrogens is 248 g/mol. The Labute approximate surface area is 110 Å². The third-order valence-corrected chi connectivity index (χ3v) is 2.77. The number of esters is 1. The van der Waals surface area contributed by atoms with E-state index in [9.17, 15) is 9.90 Å². The summed E-state index contributed by atoms with van der Waals surface area (Å²) in [5.74, 6) is -0.427. The molecule has 0 bridgehead atoms. The van der Waals surface area contributed by atoms with E-state index in [1.165, 1.54) is 19.2 Å². The molecule has 0 aromatic heterocycles. The lowest BCUT2D eigenvalue weighted by Gasteiger charge is -2.28. The highest BCUT2D eigenvalue weighted by Gasteiger charge is 2.35. The van der Waals surface area contributed by atoms with Crippen molar-refractivity contribution in [2.24, 2.45) is 5.11 Å². The van der Waals surface area contributed by atoms with Gasteiger partial charge in [-0.15, -0.1) is 0 Å². The highest BCUT2D eigenvalue weighted by atomic mass is 16.5. The quantitative estimate of drug-likeness (QED) is 0.268. The van der Waals surface area contributed by atoms with Gasteiger partial charge < -0.3 is 9.84 Å². The standard InChI is InChI=1S/C12H16N4O3/c1-12(11(18)19-2,14-6-7-15-16-13)9-4-3-5-10(17)8-9/h3-5,8,14,17H,6-7H2,1-2H3. The topological polar surface area (TPSA) is 107 Å². The molecule has 1 atom stereocenters. The zero-order valence-corrected chi connectivity index (χ0v) is 10.8. The number of hydrogen-bond donors (Lipinski definition) is 2. The zero-order valence-electron chi connectivity index (χ0n) is 10.8. The molecule has 0 saturated heterocycles. The Balaban J connectivity index is 2.98. The van der Waals surface area contributed by atoms with Gasteiger partial charge in [-0.05, 0) is 30.2 Å². The third-order valence-electron chi connectivity index (χ3n) is 2.77. The summed E-state index contributed by atoms with van der Waals surface area (Å²) in [4.78, 5) is 14.6. The van der Waals surface area contributed by atoms with E-state index in [-0.39, 0.29) is 12.3 Å².